The van der Waals surface area contributed by atoms with Gasteiger partial charge in [-0.1, -0.05) is 6.07 Å². The van der Waals surface area contributed by atoms with Crippen molar-refractivity contribution in [3.63, 3.8) is 0 Å². The molecule has 0 aliphatic rings. The molecule has 0 aliphatic heterocycles. The van der Waals surface area contributed by atoms with Crippen molar-refractivity contribution in [2.75, 3.05) is 19.5 Å². The van der Waals surface area contributed by atoms with E-state index in [-0.39, 0.29) is 11.7 Å². The van der Waals surface area contributed by atoms with Gasteiger partial charge >= 0.3 is 0 Å². The zero-order valence-corrected chi connectivity index (χ0v) is 12.1. The van der Waals surface area contributed by atoms with Crippen molar-refractivity contribution in [3.8, 4) is 11.5 Å². The van der Waals surface area contributed by atoms with Gasteiger partial charge in [-0.15, -0.1) is 0 Å². The van der Waals surface area contributed by atoms with Crippen LogP contribution in [0.15, 0.2) is 36.4 Å². The molecule has 0 bridgehead atoms. The van der Waals surface area contributed by atoms with Crippen LogP contribution in [0.3, 0.4) is 0 Å². The third-order valence-corrected chi connectivity index (χ3v) is 3.08. The fraction of sp³-hybridized carbons (Fsp3) is 0.188. The van der Waals surface area contributed by atoms with Crippen LogP contribution in [-0.4, -0.2) is 20.1 Å². The van der Waals surface area contributed by atoms with E-state index in [9.17, 15) is 9.18 Å². The Kier molecular flexibility index (Phi) is 4.42. The minimum Gasteiger partial charge on any atom is -0.497 e. The average Bonchev–Trinajstić information content (AvgIpc) is 2.50. The molecule has 0 aliphatic carbocycles. The monoisotopic (exact) mass is 289 g/mol. The van der Waals surface area contributed by atoms with Gasteiger partial charge in [0.05, 0.1) is 19.8 Å². The van der Waals surface area contributed by atoms with Crippen molar-refractivity contribution in [3.05, 3.63) is 53.3 Å². The van der Waals surface area contributed by atoms with E-state index >= 15 is 0 Å². The Balaban J connectivity index is 2.25. The summed E-state index contributed by atoms with van der Waals surface area (Å²) in [7, 11) is 3.00. The van der Waals surface area contributed by atoms with Gasteiger partial charge in [0.15, 0.2) is 0 Å². The van der Waals surface area contributed by atoms with Gasteiger partial charge in [0.25, 0.3) is 5.91 Å². The largest absolute Gasteiger partial charge is 0.497 e. The average molecular weight is 289 g/mol. The topological polar surface area (TPSA) is 47.6 Å². The second-order valence-corrected chi connectivity index (χ2v) is 4.48. The number of rotatable bonds is 4. The van der Waals surface area contributed by atoms with Crippen molar-refractivity contribution >= 4 is 11.6 Å². The summed E-state index contributed by atoms with van der Waals surface area (Å²) in [6.45, 7) is 1.66. The van der Waals surface area contributed by atoms with E-state index in [2.05, 4.69) is 5.32 Å². The lowest BCUT2D eigenvalue weighted by molar-refractivity contribution is 0.102. The number of anilines is 1. The molecule has 110 valence electrons. The van der Waals surface area contributed by atoms with Crippen molar-refractivity contribution in [2.24, 2.45) is 0 Å². The van der Waals surface area contributed by atoms with Crippen molar-refractivity contribution in [1.82, 2.24) is 0 Å². The minimum absolute atomic E-state index is 0.347. The molecule has 2 aromatic rings. The highest BCUT2D eigenvalue weighted by Gasteiger charge is 2.14. The number of carbonyl (C=O) groups is 1. The number of halogens is 1. The van der Waals surface area contributed by atoms with Gasteiger partial charge in [-0.25, -0.2) is 4.39 Å². The number of hydrogen-bond donors (Lipinski definition) is 1. The first-order valence-electron chi connectivity index (χ1n) is 6.34. The number of benzene rings is 2. The van der Waals surface area contributed by atoms with Crippen LogP contribution < -0.4 is 14.8 Å². The summed E-state index contributed by atoms with van der Waals surface area (Å²) >= 11 is 0. The van der Waals surface area contributed by atoms with Crippen molar-refractivity contribution in [1.29, 1.82) is 0 Å². The summed E-state index contributed by atoms with van der Waals surface area (Å²) in [6, 6.07) is 9.40. The molecule has 0 heterocycles. The Bertz CT molecular complexity index is 671. The molecule has 0 atom stereocenters. The molecular formula is C16H16FNO3. The van der Waals surface area contributed by atoms with Gasteiger partial charge < -0.3 is 14.8 Å². The number of aryl methyl sites for hydroxylation is 1. The van der Waals surface area contributed by atoms with Gasteiger partial charge in [-0.3, -0.25) is 4.79 Å². The summed E-state index contributed by atoms with van der Waals surface area (Å²) in [6.07, 6.45) is 0. The summed E-state index contributed by atoms with van der Waals surface area (Å²) in [4.78, 5) is 12.2. The predicted octanol–water partition coefficient (Wildman–Crippen LogP) is 3.40. The lowest BCUT2D eigenvalue weighted by atomic mass is 10.1. The molecule has 1 amide bonds. The summed E-state index contributed by atoms with van der Waals surface area (Å²) in [5.74, 6) is 0.233. The zero-order chi connectivity index (χ0) is 15.4. The van der Waals surface area contributed by atoms with E-state index in [0.717, 1.165) is 0 Å². The number of carbonyl (C=O) groups excluding carboxylic acids is 1. The standard InChI is InChI=1S/C16H16FNO3/c1-10-4-5-11(8-14(10)17)18-16(19)13-7-6-12(20-2)9-15(13)21-3/h4-9H,1-3H3,(H,18,19). The number of nitrogens with one attached hydrogen (secondary N) is 1. The van der Waals surface area contributed by atoms with E-state index < -0.39 is 0 Å². The molecule has 0 radical (unpaired) electrons. The molecular weight excluding hydrogens is 273 g/mol. The molecule has 0 fully saturated rings. The number of hydrogen-bond acceptors (Lipinski definition) is 3. The fourth-order valence-corrected chi connectivity index (χ4v) is 1.86. The maximum Gasteiger partial charge on any atom is 0.259 e. The van der Waals surface area contributed by atoms with Gasteiger partial charge in [0.1, 0.15) is 17.3 Å². The molecule has 21 heavy (non-hydrogen) atoms. The minimum atomic E-state index is -0.377. The third-order valence-electron chi connectivity index (χ3n) is 3.08. The van der Waals surface area contributed by atoms with Crippen LogP contribution in [0.4, 0.5) is 10.1 Å². The van der Waals surface area contributed by atoms with Gasteiger partial charge in [-0.2, -0.15) is 0 Å². The Morgan fingerprint density at radius 3 is 2.48 bits per heavy atom. The number of amides is 1. The summed E-state index contributed by atoms with van der Waals surface area (Å²) in [5, 5.41) is 2.64. The van der Waals surface area contributed by atoms with Crippen LogP contribution in [0.25, 0.3) is 0 Å². The van der Waals surface area contributed by atoms with Crippen LogP contribution >= 0.6 is 0 Å². The molecule has 0 spiro atoms. The summed E-state index contributed by atoms with van der Waals surface area (Å²) in [5.41, 5.74) is 1.26. The second-order valence-electron chi connectivity index (χ2n) is 4.48. The molecule has 0 unspecified atom stereocenters. The van der Waals surface area contributed by atoms with Crippen molar-refractivity contribution < 1.29 is 18.7 Å². The lowest BCUT2D eigenvalue weighted by Gasteiger charge is -2.11. The molecule has 0 aromatic heterocycles. The molecule has 0 saturated heterocycles. The first-order valence-corrected chi connectivity index (χ1v) is 6.34. The third kappa shape index (κ3) is 3.31. The van der Waals surface area contributed by atoms with E-state index in [1.54, 1.807) is 37.3 Å². The van der Waals surface area contributed by atoms with E-state index in [0.29, 0.717) is 28.3 Å². The molecule has 1 N–H and O–H groups in total. The molecule has 5 heteroatoms. The van der Waals surface area contributed by atoms with E-state index in [1.807, 2.05) is 0 Å². The molecule has 0 saturated carbocycles. The van der Waals surface area contributed by atoms with E-state index in [4.69, 9.17) is 9.47 Å². The lowest BCUT2D eigenvalue weighted by Crippen LogP contribution is -2.13. The predicted molar refractivity (Wildman–Crippen MR) is 78.6 cm³/mol. The Labute approximate surface area is 122 Å². The Morgan fingerprint density at radius 1 is 1.10 bits per heavy atom. The number of ether oxygens (including phenoxy) is 2. The normalized spacial score (nSPS) is 10.1. The first kappa shape index (κ1) is 14.8. The van der Waals surface area contributed by atoms with Crippen LogP contribution in [0, 0.1) is 12.7 Å². The highest BCUT2D eigenvalue weighted by atomic mass is 19.1. The highest BCUT2D eigenvalue weighted by molar-refractivity contribution is 6.06. The highest BCUT2D eigenvalue weighted by Crippen LogP contribution is 2.25. The fourth-order valence-electron chi connectivity index (χ4n) is 1.86. The smallest absolute Gasteiger partial charge is 0.259 e. The number of methoxy groups -OCH3 is 2. The van der Waals surface area contributed by atoms with Crippen molar-refractivity contribution in [2.45, 2.75) is 6.92 Å². The quantitative estimate of drug-likeness (QED) is 0.938. The van der Waals surface area contributed by atoms with Gasteiger partial charge in [-0.05, 0) is 36.8 Å². The van der Waals surface area contributed by atoms with Gasteiger partial charge in [0.2, 0.25) is 0 Å². The summed E-state index contributed by atoms with van der Waals surface area (Å²) < 4.78 is 23.7. The second kappa shape index (κ2) is 6.26. The molecule has 4 nitrogen and oxygen atoms in total. The van der Waals surface area contributed by atoms with E-state index in [1.165, 1.54) is 20.3 Å². The van der Waals surface area contributed by atoms with Crippen LogP contribution in [0.1, 0.15) is 15.9 Å². The van der Waals surface area contributed by atoms with Crippen LogP contribution in [-0.2, 0) is 0 Å². The van der Waals surface area contributed by atoms with Crippen LogP contribution in [0.5, 0.6) is 11.5 Å². The Morgan fingerprint density at radius 2 is 1.86 bits per heavy atom. The SMILES string of the molecule is COc1ccc(C(=O)Nc2ccc(C)c(F)c2)c(OC)c1. The van der Waals surface area contributed by atoms with Gasteiger partial charge in [0, 0.05) is 11.8 Å². The molecule has 2 aromatic carbocycles. The maximum atomic E-state index is 13.5. The van der Waals surface area contributed by atoms with Crippen LogP contribution in [0.2, 0.25) is 0 Å². The molecule has 2 rings (SSSR count). The maximum absolute atomic E-state index is 13.5. The Hall–Kier alpha value is -2.56. The first-order chi connectivity index (χ1) is 10.0. The zero-order valence-electron chi connectivity index (χ0n) is 12.1.